The zero-order valence-electron chi connectivity index (χ0n) is 15.9. The number of aromatic hydroxyl groups is 1. The van der Waals surface area contributed by atoms with Gasteiger partial charge in [-0.3, -0.25) is 0 Å². The monoisotopic (exact) mass is 564 g/mol. The van der Waals surface area contributed by atoms with Gasteiger partial charge in [0.15, 0.2) is 5.75 Å². The largest absolute Gasteiger partial charge is 0.508 e. The van der Waals surface area contributed by atoms with E-state index in [1.165, 1.54) is 12.1 Å². The Bertz CT molecular complexity index is 1210. The molecule has 1 heterocycles. The summed E-state index contributed by atoms with van der Waals surface area (Å²) >= 11 is 15.3. The number of hydrogen-bond donors (Lipinski definition) is 2. The van der Waals surface area contributed by atoms with Gasteiger partial charge in [0.25, 0.3) is 0 Å². The van der Waals surface area contributed by atoms with Crippen LogP contribution in [0.5, 0.6) is 17.2 Å². The Morgan fingerprint density at radius 2 is 1.77 bits per heavy atom. The van der Waals surface area contributed by atoms with E-state index in [0.717, 1.165) is 9.13 Å². The summed E-state index contributed by atoms with van der Waals surface area (Å²) in [5.41, 5.74) is 8.52. The topological polar surface area (TPSA) is 88.5 Å². The van der Waals surface area contributed by atoms with Gasteiger partial charge in [0.05, 0.1) is 16.0 Å². The number of nitrogens with two attached hydrogens (primary N) is 1. The number of allylic oxidation sites excluding steroid dienone is 1. The van der Waals surface area contributed by atoms with Gasteiger partial charge in [-0.2, -0.15) is 5.26 Å². The Morgan fingerprint density at radius 1 is 1.10 bits per heavy atom. The summed E-state index contributed by atoms with van der Waals surface area (Å²) in [4.78, 5) is 0. The van der Waals surface area contributed by atoms with Crippen molar-refractivity contribution in [3.05, 3.63) is 96.4 Å². The SMILES string of the molecule is N#CC1=C(N)Oc2cc(O)ccc2[C@@H]1c1cc(Cl)c(OCc2ccc(I)cc2)c(Cl)c1. The average molecular weight is 565 g/mol. The third-order valence-electron chi connectivity index (χ3n) is 4.85. The molecule has 3 N–H and O–H groups in total. The average Bonchev–Trinajstić information content (AvgIpc) is 2.73. The minimum Gasteiger partial charge on any atom is -0.508 e. The first-order valence-corrected chi connectivity index (χ1v) is 11.0. The van der Waals surface area contributed by atoms with Gasteiger partial charge in [0.2, 0.25) is 5.88 Å². The van der Waals surface area contributed by atoms with Crippen LogP contribution >= 0.6 is 45.8 Å². The van der Waals surface area contributed by atoms with Gasteiger partial charge in [0, 0.05) is 15.2 Å². The molecule has 1 aliphatic rings. The van der Waals surface area contributed by atoms with Crippen LogP contribution in [0.3, 0.4) is 0 Å². The fourth-order valence-electron chi connectivity index (χ4n) is 3.41. The summed E-state index contributed by atoms with van der Waals surface area (Å²) in [7, 11) is 0. The number of nitrogens with zero attached hydrogens (tertiary/aromatic N) is 1. The Hall–Kier alpha value is -2.60. The molecule has 1 atom stereocenters. The maximum Gasteiger partial charge on any atom is 0.205 e. The van der Waals surface area contributed by atoms with Gasteiger partial charge >= 0.3 is 0 Å². The summed E-state index contributed by atoms with van der Waals surface area (Å²) in [5, 5.41) is 20.1. The van der Waals surface area contributed by atoms with Crippen LogP contribution in [0.15, 0.2) is 66.1 Å². The van der Waals surface area contributed by atoms with Crippen molar-refractivity contribution in [3.8, 4) is 23.3 Å². The van der Waals surface area contributed by atoms with E-state index < -0.39 is 5.92 Å². The number of nitriles is 1. The molecule has 0 aromatic heterocycles. The smallest absolute Gasteiger partial charge is 0.205 e. The van der Waals surface area contributed by atoms with Crippen LogP contribution in [0.2, 0.25) is 10.0 Å². The van der Waals surface area contributed by atoms with Crippen molar-refractivity contribution in [1.29, 1.82) is 5.26 Å². The molecule has 0 saturated heterocycles. The first kappa shape index (κ1) is 21.6. The lowest BCUT2D eigenvalue weighted by Crippen LogP contribution is -2.21. The van der Waals surface area contributed by atoms with E-state index in [9.17, 15) is 10.4 Å². The number of halogens is 3. The lowest BCUT2D eigenvalue weighted by atomic mass is 9.83. The molecule has 4 rings (SSSR count). The van der Waals surface area contributed by atoms with Gasteiger partial charge in [-0.25, -0.2) is 0 Å². The number of fused-ring (bicyclic) bond motifs is 1. The standard InChI is InChI=1S/C23H15Cl2IN2O3/c24-18-7-13(8-19(25)22(18)30-11-12-1-3-14(26)4-2-12)21-16-6-5-15(29)9-20(16)31-23(28)17(21)10-27/h1-9,21,29H,11,28H2/t21-/m0/s1. The summed E-state index contributed by atoms with van der Waals surface area (Å²) < 4.78 is 12.5. The third-order valence-corrected chi connectivity index (χ3v) is 6.13. The lowest BCUT2D eigenvalue weighted by Gasteiger charge is -2.27. The fourth-order valence-corrected chi connectivity index (χ4v) is 4.38. The van der Waals surface area contributed by atoms with Crippen LogP contribution in [0.1, 0.15) is 22.6 Å². The van der Waals surface area contributed by atoms with E-state index in [2.05, 4.69) is 28.7 Å². The highest BCUT2D eigenvalue weighted by molar-refractivity contribution is 14.1. The highest BCUT2D eigenvalue weighted by atomic mass is 127. The van der Waals surface area contributed by atoms with Crippen LogP contribution in [-0.2, 0) is 6.61 Å². The van der Waals surface area contributed by atoms with Gasteiger partial charge in [-0.1, -0.05) is 41.4 Å². The summed E-state index contributed by atoms with van der Waals surface area (Å²) in [5.74, 6) is 0.180. The molecule has 0 unspecified atom stereocenters. The van der Waals surface area contributed by atoms with Crippen molar-refractivity contribution in [3.63, 3.8) is 0 Å². The van der Waals surface area contributed by atoms with E-state index in [4.69, 9.17) is 38.4 Å². The Labute approximate surface area is 202 Å². The lowest BCUT2D eigenvalue weighted by molar-refractivity contribution is 0.306. The Balaban J connectivity index is 1.70. The van der Waals surface area contributed by atoms with E-state index in [1.54, 1.807) is 18.2 Å². The highest BCUT2D eigenvalue weighted by Gasteiger charge is 2.31. The van der Waals surface area contributed by atoms with Crippen molar-refractivity contribution >= 4 is 45.8 Å². The van der Waals surface area contributed by atoms with Crippen LogP contribution in [-0.4, -0.2) is 5.11 Å². The fraction of sp³-hybridized carbons (Fsp3) is 0.0870. The zero-order chi connectivity index (χ0) is 22.1. The predicted molar refractivity (Wildman–Crippen MR) is 127 cm³/mol. The summed E-state index contributed by atoms with van der Waals surface area (Å²) in [6.07, 6.45) is 0. The number of hydrogen-bond acceptors (Lipinski definition) is 5. The molecule has 1 aliphatic heterocycles. The number of phenols is 1. The summed E-state index contributed by atoms with van der Waals surface area (Å²) in [6.45, 7) is 0.311. The Kier molecular flexibility index (Phi) is 6.19. The molecule has 0 aliphatic carbocycles. The molecule has 0 bridgehead atoms. The molecule has 0 spiro atoms. The molecule has 0 amide bonds. The van der Waals surface area contributed by atoms with Gasteiger partial charge in [-0.15, -0.1) is 0 Å². The van der Waals surface area contributed by atoms with Crippen molar-refractivity contribution in [2.75, 3.05) is 0 Å². The molecule has 8 heteroatoms. The molecule has 0 fully saturated rings. The van der Waals surface area contributed by atoms with Crippen molar-refractivity contribution in [2.24, 2.45) is 5.73 Å². The molecule has 3 aromatic carbocycles. The number of rotatable bonds is 4. The van der Waals surface area contributed by atoms with E-state index in [1.807, 2.05) is 24.3 Å². The number of benzene rings is 3. The van der Waals surface area contributed by atoms with Crippen LogP contribution in [0, 0.1) is 14.9 Å². The molecule has 3 aromatic rings. The van der Waals surface area contributed by atoms with Crippen LogP contribution in [0.4, 0.5) is 0 Å². The quantitative estimate of drug-likeness (QED) is 0.374. The zero-order valence-corrected chi connectivity index (χ0v) is 19.6. The Morgan fingerprint density at radius 3 is 2.42 bits per heavy atom. The molecular weight excluding hydrogens is 550 g/mol. The molecule has 5 nitrogen and oxygen atoms in total. The highest BCUT2D eigenvalue weighted by Crippen LogP contribution is 2.46. The predicted octanol–water partition coefficient (Wildman–Crippen LogP) is 6.10. The van der Waals surface area contributed by atoms with E-state index in [-0.39, 0.29) is 17.2 Å². The van der Waals surface area contributed by atoms with Crippen LogP contribution in [0.25, 0.3) is 0 Å². The normalized spacial score (nSPS) is 15.1. The first-order valence-electron chi connectivity index (χ1n) is 9.14. The molecule has 0 saturated carbocycles. The van der Waals surface area contributed by atoms with Gasteiger partial charge in [-0.05, 0) is 64.0 Å². The van der Waals surface area contributed by atoms with Crippen molar-refractivity contribution in [2.45, 2.75) is 12.5 Å². The van der Waals surface area contributed by atoms with Crippen molar-refractivity contribution < 1.29 is 14.6 Å². The molecule has 31 heavy (non-hydrogen) atoms. The molecule has 0 radical (unpaired) electrons. The van der Waals surface area contributed by atoms with Crippen LogP contribution < -0.4 is 15.2 Å². The minimum absolute atomic E-state index is 0.0288. The number of phenolic OH excluding ortho intramolecular Hbond substituents is 1. The second-order valence-corrected chi connectivity index (χ2v) is 8.94. The minimum atomic E-state index is -0.547. The second kappa shape index (κ2) is 8.87. The van der Waals surface area contributed by atoms with Gasteiger partial charge < -0.3 is 20.3 Å². The third kappa shape index (κ3) is 4.40. The second-order valence-electron chi connectivity index (χ2n) is 6.88. The van der Waals surface area contributed by atoms with Gasteiger partial charge in [0.1, 0.15) is 29.7 Å². The maximum atomic E-state index is 9.79. The first-order chi connectivity index (χ1) is 14.9. The summed E-state index contributed by atoms with van der Waals surface area (Å²) in [6, 6.07) is 18.1. The number of ether oxygens (including phenoxy) is 2. The molecular formula is C23H15Cl2IN2O3. The van der Waals surface area contributed by atoms with Crippen molar-refractivity contribution in [1.82, 2.24) is 0 Å². The van der Waals surface area contributed by atoms with E-state index in [0.29, 0.717) is 39.3 Å². The van der Waals surface area contributed by atoms with E-state index >= 15 is 0 Å². The molecule has 156 valence electrons. The maximum absolute atomic E-state index is 9.79.